The highest BCUT2D eigenvalue weighted by Crippen LogP contribution is 2.18. The first-order valence-corrected chi connectivity index (χ1v) is 10.3. The van der Waals surface area contributed by atoms with Gasteiger partial charge in [-0.25, -0.2) is 4.68 Å². The lowest BCUT2D eigenvalue weighted by atomic mass is 10.3. The van der Waals surface area contributed by atoms with E-state index in [1.807, 2.05) is 0 Å². The summed E-state index contributed by atoms with van der Waals surface area (Å²) in [6.07, 6.45) is 6.38. The Hall–Kier alpha value is -4.12. The minimum absolute atomic E-state index is 0.0167. The van der Waals surface area contributed by atoms with E-state index in [1.54, 1.807) is 61.5 Å². The summed E-state index contributed by atoms with van der Waals surface area (Å²) >= 11 is 5.88. The highest BCUT2D eigenvalue weighted by Gasteiger charge is 2.21. The molecule has 0 bridgehead atoms. The molecule has 0 aliphatic heterocycles. The van der Waals surface area contributed by atoms with E-state index in [9.17, 15) is 9.59 Å². The first-order valence-electron chi connectivity index (χ1n) is 9.90. The number of anilines is 1. The number of nitrogens with zero attached hydrogens (tertiary/aromatic N) is 6. The number of hydrogen-bond acceptors (Lipinski definition) is 6. The number of nitrogens with one attached hydrogen (secondary N) is 2. The summed E-state index contributed by atoms with van der Waals surface area (Å²) in [5.74, 6) is -0.253. The van der Waals surface area contributed by atoms with Crippen LogP contribution in [0.4, 0.5) is 5.69 Å². The van der Waals surface area contributed by atoms with Crippen LogP contribution in [0.15, 0.2) is 55.1 Å². The van der Waals surface area contributed by atoms with E-state index in [0.717, 1.165) is 5.56 Å². The van der Waals surface area contributed by atoms with Gasteiger partial charge in [0.05, 0.1) is 18.1 Å². The zero-order chi connectivity index (χ0) is 23.4. The van der Waals surface area contributed by atoms with Crippen LogP contribution in [0.5, 0.6) is 5.75 Å². The summed E-state index contributed by atoms with van der Waals surface area (Å²) in [5, 5.41) is 18.4. The number of aryl methyl sites for hydroxylation is 2. The van der Waals surface area contributed by atoms with Crippen LogP contribution in [0.25, 0.3) is 0 Å². The fraction of sp³-hybridized carbons (Fsp3) is 0.190. The summed E-state index contributed by atoms with van der Waals surface area (Å²) in [4.78, 5) is 25.6. The van der Waals surface area contributed by atoms with Crippen molar-refractivity contribution in [3.8, 4) is 5.75 Å². The van der Waals surface area contributed by atoms with Gasteiger partial charge in [0, 0.05) is 43.6 Å². The molecule has 0 atom stereocenters. The van der Waals surface area contributed by atoms with Crippen LogP contribution < -0.4 is 15.4 Å². The largest absolute Gasteiger partial charge is 0.471 e. The maximum atomic E-state index is 12.9. The van der Waals surface area contributed by atoms with E-state index in [1.165, 1.54) is 21.8 Å². The van der Waals surface area contributed by atoms with Crippen molar-refractivity contribution in [1.82, 2.24) is 34.7 Å². The SMILES string of the molecule is Cn1cc(CNC(=O)c2c(NC(=O)c3ccnn3COc3ccc(Cl)cc3)cnn2C)cn1. The van der Waals surface area contributed by atoms with Gasteiger partial charge in [-0.05, 0) is 30.3 Å². The molecule has 2 N–H and O–H groups in total. The number of carbonyl (C=O) groups excluding carboxylic acids is 2. The van der Waals surface area contributed by atoms with Gasteiger partial charge in [0.1, 0.15) is 17.1 Å². The molecule has 0 unspecified atom stereocenters. The smallest absolute Gasteiger partial charge is 0.274 e. The molecule has 0 radical (unpaired) electrons. The number of benzene rings is 1. The molecule has 0 saturated carbocycles. The van der Waals surface area contributed by atoms with Gasteiger partial charge in [0.2, 0.25) is 0 Å². The third-order valence-corrected chi connectivity index (χ3v) is 4.98. The maximum absolute atomic E-state index is 12.9. The Kier molecular flexibility index (Phi) is 6.41. The van der Waals surface area contributed by atoms with E-state index in [-0.39, 0.29) is 29.7 Å². The second-order valence-corrected chi connectivity index (χ2v) is 7.57. The Morgan fingerprint density at radius 1 is 1.03 bits per heavy atom. The summed E-state index contributed by atoms with van der Waals surface area (Å²) in [5.41, 5.74) is 1.60. The van der Waals surface area contributed by atoms with Gasteiger partial charge in [-0.1, -0.05) is 11.6 Å². The predicted octanol–water partition coefficient (Wildman–Crippen LogP) is 2.22. The minimum atomic E-state index is -0.457. The summed E-state index contributed by atoms with van der Waals surface area (Å²) < 4.78 is 10.1. The molecule has 170 valence electrons. The van der Waals surface area contributed by atoms with E-state index < -0.39 is 5.91 Å². The van der Waals surface area contributed by atoms with Gasteiger partial charge in [-0.15, -0.1) is 0 Å². The number of halogens is 1. The number of amides is 2. The zero-order valence-electron chi connectivity index (χ0n) is 17.9. The fourth-order valence-corrected chi connectivity index (χ4v) is 3.23. The monoisotopic (exact) mass is 468 g/mol. The first kappa shape index (κ1) is 22.1. The summed E-state index contributed by atoms with van der Waals surface area (Å²) in [6.45, 7) is 0.308. The third kappa shape index (κ3) is 5.21. The highest BCUT2D eigenvalue weighted by atomic mass is 35.5. The number of rotatable bonds is 8. The molecule has 3 aromatic heterocycles. The molecular weight excluding hydrogens is 448 g/mol. The molecule has 0 aliphatic rings. The van der Waals surface area contributed by atoms with Crippen molar-refractivity contribution in [3.05, 3.63) is 77.1 Å². The topological polar surface area (TPSA) is 121 Å². The van der Waals surface area contributed by atoms with E-state index in [0.29, 0.717) is 17.3 Å². The molecule has 4 rings (SSSR count). The van der Waals surface area contributed by atoms with Crippen molar-refractivity contribution in [2.45, 2.75) is 13.3 Å². The molecule has 1 aromatic carbocycles. The van der Waals surface area contributed by atoms with E-state index in [2.05, 4.69) is 25.9 Å². The van der Waals surface area contributed by atoms with Crippen LogP contribution in [0.1, 0.15) is 26.5 Å². The van der Waals surface area contributed by atoms with Crippen molar-refractivity contribution >= 4 is 29.1 Å². The first-order chi connectivity index (χ1) is 15.9. The fourth-order valence-electron chi connectivity index (χ4n) is 3.11. The molecule has 2 amide bonds. The molecule has 0 spiro atoms. The molecule has 4 aromatic rings. The molecule has 12 heteroatoms. The number of hydrogen-bond donors (Lipinski definition) is 2. The summed E-state index contributed by atoms with van der Waals surface area (Å²) in [6, 6.07) is 8.40. The number of carbonyl (C=O) groups is 2. The lowest BCUT2D eigenvalue weighted by molar-refractivity contribution is 0.0942. The van der Waals surface area contributed by atoms with Crippen LogP contribution in [-0.2, 0) is 27.4 Å². The normalized spacial score (nSPS) is 10.8. The van der Waals surface area contributed by atoms with E-state index in [4.69, 9.17) is 16.3 Å². The highest BCUT2D eigenvalue weighted by molar-refractivity contribution is 6.30. The Bertz CT molecular complexity index is 1270. The second-order valence-electron chi connectivity index (χ2n) is 7.13. The van der Waals surface area contributed by atoms with Gasteiger partial charge in [0.25, 0.3) is 11.8 Å². The Morgan fingerprint density at radius 3 is 2.55 bits per heavy atom. The quantitative estimate of drug-likeness (QED) is 0.409. The molecule has 3 heterocycles. The van der Waals surface area contributed by atoms with Gasteiger partial charge in [-0.2, -0.15) is 15.3 Å². The second kappa shape index (κ2) is 9.57. The molecule has 33 heavy (non-hydrogen) atoms. The number of aromatic nitrogens is 6. The van der Waals surface area contributed by atoms with E-state index >= 15 is 0 Å². The van der Waals surface area contributed by atoms with Crippen molar-refractivity contribution in [2.24, 2.45) is 14.1 Å². The van der Waals surface area contributed by atoms with Crippen molar-refractivity contribution in [1.29, 1.82) is 0 Å². The van der Waals surface area contributed by atoms with Gasteiger partial charge >= 0.3 is 0 Å². The summed E-state index contributed by atoms with van der Waals surface area (Å²) in [7, 11) is 3.42. The van der Waals surface area contributed by atoms with Crippen molar-refractivity contribution in [2.75, 3.05) is 5.32 Å². The average Bonchev–Trinajstić information content (AvgIpc) is 3.52. The molecule has 0 aliphatic carbocycles. The van der Waals surface area contributed by atoms with Crippen LogP contribution in [0, 0.1) is 0 Å². The standard InChI is InChI=1S/C21H21ClN8O3/c1-28-12-14(10-25-28)9-23-21(32)19-17(11-26-29(19)2)27-20(31)18-7-8-24-30(18)13-33-16-5-3-15(22)4-6-16/h3-8,10-12H,9,13H2,1-2H3,(H,23,32)(H,27,31). The molecular formula is C21H21ClN8O3. The Balaban J connectivity index is 1.42. The van der Waals surface area contributed by atoms with Gasteiger partial charge < -0.3 is 15.4 Å². The van der Waals surface area contributed by atoms with Crippen LogP contribution in [-0.4, -0.2) is 41.2 Å². The molecule has 0 fully saturated rings. The van der Waals surface area contributed by atoms with Crippen LogP contribution >= 0.6 is 11.6 Å². The minimum Gasteiger partial charge on any atom is -0.471 e. The third-order valence-electron chi connectivity index (χ3n) is 4.73. The van der Waals surface area contributed by atoms with Crippen LogP contribution in [0.3, 0.4) is 0 Å². The molecule has 11 nitrogen and oxygen atoms in total. The molecule has 0 saturated heterocycles. The lowest BCUT2D eigenvalue weighted by Gasteiger charge is -2.11. The van der Waals surface area contributed by atoms with Crippen molar-refractivity contribution in [3.63, 3.8) is 0 Å². The Labute approximate surface area is 193 Å². The van der Waals surface area contributed by atoms with Crippen molar-refractivity contribution < 1.29 is 14.3 Å². The predicted molar refractivity (Wildman–Crippen MR) is 120 cm³/mol. The van der Waals surface area contributed by atoms with Gasteiger partial charge in [-0.3, -0.25) is 19.0 Å². The average molecular weight is 469 g/mol. The maximum Gasteiger partial charge on any atom is 0.274 e. The Morgan fingerprint density at radius 2 is 1.82 bits per heavy atom. The number of ether oxygens (including phenoxy) is 1. The van der Waals surface area contributed by atoms with Crippen LogP contribution in [0.2, 0.25) is 5.02 Å². The lowest BCUT2D eigenvalue weighted by Crippen LogP contribution is -2.27. The van der Waals surface area contributed by atoms with Gasteiger partial charge in [0.15, 0.2) is 6.73 Å². The zero-order valence-corrected chi connectivity index (χ0v) is 18.7.